The second-order valence-corrected chi connectivity index (χ2v) is 8.03. The maximum atomic E-state index is 13.0. The van der Waals surface area contributed by atoms with Crippen molar-refractivity contribution >= 4 is 17.7 Å². The summed E-state index contributed by atoms with van der Waals surface area (Å²) in [7, 11) is -4.46. The molecule has 0 aromatic heterocycles. The summed E-state index contributed by atoms with van der Waals surface area (Å²) >= 11 is 0. The zero-order chi connectivity index (χ0) is 12.4. The van der Waals surface area contributed by atoms with Gasteiger partial charge in [-0.15, -0.1) is 0 Å². The Morgan fingerprint density at radius 2 is 1.12 bits per heavy atom. The summed E-state index contributed by atoms with van der Waals surface area (Å²) < 4.78 is 0. The van der Waals surface area contributed by atoms with Crippen LogP contribution in [0.15, 0.2) is 60.7 Å². The van der Waals surface area contributed by atoms with E-state index in [2.05, 4.69) is 0 Å². The van der Waals surface area contributed by atoms with E-state index in [0.717, 1.165) is 0 Å². The molecule has 0 atom stereocenters. The maximum absolute atomic E-state index is 13.0. The van der Waals surface area contributed by atoms with Gasteiger partial charge in [0, 0.05) is 0 Å². The van der Waals surface area contributed by atoms with Gasteiger partial charge in [-0.25, -0.2) is 0 Å². The van der Waals surface area contributed by atoms with E-state index in [1.165, 1.54) is 0 Å². The van der Waals surface area contributed by atoms with E-state index < -0.39 is 7.06 Å². The number of hydrogen-bond donors (Lipinski definition) is 0. The summed E-state index contributed by atoms with van der Waals surface area (Å²) in [4.78, 5) is 26.1. The summed E-state index contributed by atoms with van der Waals surface area (Å²) in [5, 5.41) is 0.791. The normalized spacial score (nSPS) is 13.9. The molecule has 0 saturated carbocycles. The molecule has 0 radical (unpaired) electrons. The predicted octanol–water partition coefficient (Wildman–Crippen LogP) is 0.761. The minimum absolute atomic E-state index is 0.0969. The van der Waals surface area contributed by atoms with Crippen LogP contribution in [0.3, 0.4) is 0 Å². The van der Waals surface area contributed by atoms with Crippen molar-refractivity contribution < 1.29 is 9.79 Å². The third-order valence-corrected chi connectivity index (χ3v) is 6.97. The van der Waals surface area contributed by atoms with E-state index in [1.54, 1.807) is 55.5 Å². The van der Waals surface area contributed by atoms with Gasteiger partial charge in [0.1, 0.15) is 0 Å². The monoisotopic (exact) mass is 246 g/mol. The first kappa shape index (κ1) is 12.3. The summed E-state index contributed by atoms with van der Waals surface area (Å²) in [6.45, 7) is 1.69. The van der Waals surface area contributed by atoms with Crippen molar-refractivity contribution in [3.05, 3.63) is 60.7 Å². The summed E-state index contributed by atoms with van der Waals surface area (Å²) in [6.07, 6.45) is 0.0969. The van der Waals surface area contributed by atoms with Crippen LogP contribution in [0.1, 0.15) is 6.92 Å². The van der Waals surface area contributed by atoms with Crippen LogP contribution in [-0.2, 0) is 0 Å². The van der Waals surface area contributed by atoms with Crippen molar-refractivity contribution in [2.24, 2.45) is 0 Å². The molecule has 0 heterocycles. The van der Waals surface area contributed by atoms with E-state index in [4.69, 9.17) is 0 Å². The Bertz CT molecular complexity index is 451. The fourth-order valence-electron chi connectivity index (χ4n) is 1.97. The zero-order valence-electron chi connectivity index (χ0n) is 9.74. The molecule has 2 aromatic rings. The summed E-state index contributed by atoms with van der Waals surface area (Å²) in [5.41, 5.74) is 0. The Hall–Kier alpha value is -1.21. The van der Waals surface area contributed by atoms with Crippen LogP contribution in [0, 0.1) is 0 Å². The average molecular weight is 246 g/mol. The molecule has 90 valence electrons. The van der Waals surface area contributed by atoms with E-state index in [0.29, 0.717) is 10.6 Å². The van der Waals surface area contributed by atoms with Gasteiger partial charge in [0.05, 0.1) is 0 Å². The van der Waals surface area contributed by atoms with Crippen LogP contribution in [-0.4, -0.2) is 6.16 Å². The molecule has 2 nitrogen and oxygen atoms in total. The molecule has 0 spiro atoms. The Morgan fingerprint density at radius 1 is 0.765 bits per heavy atom. The number of rotatable bonds is 3. The Kier molecular flexibility index (Phi) is 3.05. The molecule has 0 aliphatic carbocycles. The molecule has 0 amide bonds. The molecule has 3 heteroatoms. The van der Waals surface area contributed by atoms with Crippen molar-refractivity contribution in [2.45, 2.75) is 6.92 Å². The molecule has 0 aliphatic heterocycles. The molecule has 0 aliphatic rings. The zero-order valence-corrected chi connectivity index (χ0v) is 10.6. The first-order chi connectivity index (χ1) is 8.07. The van der Waals surface area contributed by atoms with E-state index >= 15 is 0 Å². The van der Waals surface area contributed by atoms with Gasteiger partial charge < -0.3 is 0 Å². The van der Waals surface area contributed by atoms with E-state index in [1.807, 2.05) is 12.1 Å². The average Bonchev–Trinajstić information content (AvgIpc) is 2.41. The van der Waals surface area contributed by atoms with Crippen molar-refractivity contribution in [3.8, 4) is 0 Å². The molecule has 2 rings (SSSR count). The Labute approximate surface area is 102 Å². The molecular weight excluding hydrogens is 231 g/mol. The van der Waals surface area contributed by atoms with Gasteiger partial charge in [0.15, 0.2) is 0 Å². The van der Waals surface area contributed by atoms with Gasteiger partial charge in [-0.05, 0) is 0 Å². The van der Waals surface area contributed by atoms with Gasteiger partial charge in [-0.1, -0.05) is 0 Å². The topological polar surface area (TPSA) is 46.1 Å². The third-order valence-electron chi connectivity index (χ3n) is 3.13. The second-order valence-electron chi connectivity index (χ2n) is 4.11. The van der Waals surface area contributed by atoms with Gasteiger partial charge >= 0.3 is 101 Å². The van der Waals surface area contributed by atoms with E-state index in [-0.39, 0.29) is 6.16 Å². The molecule has 0 fully saturated rings. The van der Waals surface area contributed by atoms with Crippen molar-refractivity contribution in [3.63, 3.8) is 0 Å². The summed E-state index contributed by atoms with van der Waals surface area (Å²) in [6, 6.07) is 17.3. The van der Waals surface area contributed by atoms with Gasteiger partial charge in [0.25, 0.3) is 0 Å². The van der Waals surface area contributed by atoms with Crippen LogP contribution in [0.2, 0.25) is 0 Å². The molecule has 0 N–H and O–H groups in total. The van der Waals surface area contributed by atoms with Crippen LogP contribution >= 0.6 is 7.06 Å². The van der Waals surface area contributed by atoms with Crippen LogP contribution in [0.25, 0.3) is 0 Å². The van der Waals surface area contributed by atoms with Crippen molar-refractivity contribution in [1.82, 2.24) is 0 Å². The van der Waals surface area contributed by atoms with Crippen molar-refractivity contribution in [1.29, 1.82) is 0 Å². The molecule has 2 aromatic carbocycles. The van der Waals surface area contributed by atoms with Crippen LogP contribution in [0.4, 0.5) is 0 Å². The third kappa shape index (κ3) is 2.00. The van der Waals surface area contributed by atoms with Gasteiger partial charge in [-0.3, -0.25) is 0 Å². The fraction of sp³-hybridized carbons (Fsp3) is 0.143. The van der Waals surface area contributed by atoms with Crippen LogP contribution in [0.5, 0.6) is 0 Å². The first-order valence-electron chi connectivity index (χ1n) is 5.66. The Morgan fingerprint density at radius 3 is 1.41 bits per heavy atom. The van der Waals surface area contributed by atoms with Gasteiger partial charge in [0.2, 0.25) is 0 Å². The SMILES string of the molecule is CCP([O-])([O-])(c1ccccc1)c1ccccc1. The fourth-order valence-corrected chi connectivity index (χ4v) is 4.55. The quantitative estimate of drug-likeness (QED) is 0.751. The molecular formula is C14H15O2P-2. The Balaban J connectivity index is 2.65. The second kappa shape index (κ2) is 4.23. The first-order valence-corrected chi connectivity index (χ1v) is 7.91. The molecule has 17 heavy (non-hydrogen) atoms. The van der Waals surface area contributed by atoms with E-state index in [9.17, 15) is 9.79 Å². The van der Waals surface area contributed by atoms with Crippen molar-refractivity contribution in [2.75, 3.05) is 6.16 Å². The van der Waals surface area contributed by atoms with Gasteiger partial charge in [-0.2, -0.15) is 0 Å². The standard InChI is InChI=1S/C14H15O2P/c1-2-17(15,16,13-9-5-3-6-10-13)14-11-7-4-8-12-14/h3-12H,2H2,1H3/q-2. The number of benzene rings is 2. The summed E-state index contributed by atoms with van der Waals surface area (Å²) in [5.74, 6) is 0. The molecule has 0 bridgehead atoms. The molecule has 0 saturated heterocycles. The van der Waals surface area contributed by atoms with Crippen LogP contribution < -0.4 is 20.4 Å². The minimum atomic E-state index is -4.46. The molecule has 0 unspecified atom stereocenters. The predicted molar refractivity (Wildman–Crippen MR) is 69.6 cm³/mol. The number of hydrogen-bond acceptors (Lipinski definition) is 2.